The zero-order valence-corrected chi connectivity index (χ0v) is 11.1. The normalized spacial score (nSPS) is 22.9. The van der Waals surface area contributed by atoms with Gasteiger partial charge >= 0.3 is 0 Å². The fraction of sp³-hybridized carbons (Fsp3) is 0.625. The predicted molar refractivity (Wildman–Crippen MR) is 75.6 cm³/mol. The minimum absolute atomic E-state index is 0.429. The van der Waals surface area contributed by atoms with Gasteiger partial charge in [-0.3, -0.25) is 4.90 Å². The van der Waals surface area contributed by atoms with E-state index in [1.165, 1.54) is 56.3 Å². The van der Waals surface area contributed by atoms with Crippen molar-refractivity contribution in [3.05, 3.63) is 35.4 Å². The Labute approximate surface area is 110 Å². The highest BCUT2D eigenvalue weighted by Gasteiger charge is 2.24. The molecular weight excluding hydrogens is 220 g/mol. The third kappa shape index (κ3) is 2.60. The smallest absolute Gasteiger partial charge is 0.0470 e. The van der Waals surface area contributed by atoms with E-state index in [4.69, 9.17) is 5.73 Å². The van der Waals surface area contributed by atoms with Crippen LogP contribution in [0.25, 0.3) is 0 Å². The van der Waals surface area contributed by atoms with Crippen LogP contribution in [0, 0.1) is 0 Å². The maximum Gasteiger partial charge on any atom is 0.0470 e. The largest absolute Gasteiger partial charge is 0.329 e. The molecule has 98 valence electrons. The Morgan fingerprint density at radius 2 is 1.72 bits per heavy atom. The van der Waals surface area contributed by atoms with Crippen molar-refractivity contribution in [2.24, 2.45) is 5.73 Å². The van der Waals surface area contributed by atoms with E-state index in [1.54, 1.807) is 0 Å². The van der Waals surface area contributed by atoms with Crippen molar-refractivity contribution in [3.8, 4) is 0 Å². The zero-order valence-electron chi connectivity index (χ0n) is 11.1. The van der Waals surface area contributed by atoms with Crippen LogP contribution in [0.5, 0.6) is 0 Å². The highest BCUT2D eigenvalue weighted by molar-refractivity contribution is 5.30. The van der Waals surface area contributed by atoms with Gasteiger partial charge in [0.15, 0.2) is 0 Å². The molecule has 1 saturated heterocycles. The molecule has 1 unspecified atom stereocenters. The second-order valence-electron chi connectivity index (χ2n) is 5.79. The Balaban J connectivity index is 1.73. The van der Waals surface area contributed by atoms with Crippen molar-refractivity contribution in [2.75, 3.05) is 19.6 Å². The maximum atomic E-state index is 6.00. The lowest BCUT2D eigenvalue weighted by Gasteiger charge is -2.34. The van der Waals surface area contributed by atoms with Crippen LogP contribution in [0.1, 0.15) is 55.2 Å². The average Bonchev–Trinajstić information content (AvgIpc) is 3.26. The van der Waals surface area contributed by atoms with Gasteiger partial charge in [0.2, 0.25) is 0 Å². The van der Waals surface area contributed by atoms with Gasteiger partial charge in [-0.05, 0) is 55.8 Å². The van der Waals surface area contributed by atoms with Crippen molar-refractivity contribution in [1.29, 1.82) is 0 Å². The van der Waals surface area contributed by atoms with E-state index in [0.29, 0.717) is 6.04 Å². The number of nitrogens with two attached hydrogens (primary N) is 1. The van der Waals surface area contributed by atoms with Crippen LogP contribution in [0.4, 0.5) is 0 Å². The lowest BCUT2D eigenvalue weighted by atomic mass is 9.99. The topological polar surface area (TPSA) is 29.3 Å². The van der Waals surface area contributed by atoms with E-state index in [9.17, 15) is 0 Å². The summed E-state index contributed by atoms with van der Waals surface area (Å²) in [7, 11) is 0. The molecule has 3 rings (SSSR count). The molecular formula is C16H24N2. The van der Waals surface area contributed by atoms with E-state index in [-0.39, 0.29) is 0 Å². The number of piperidine rings is 1. The summed E-state index contributed by atoms with van der Waals surface area (Å²) in [4.78, 5) is 2.57. The van der Waals surface area contributed by atoms with Crippen molar-refractivity contribution < 1.29 is 0 Å². The summed E-state index contributed by atoms with van der Waals surface area (Å²) >= 11 is 0. The Morgan fingerprint density at radius 1 is 1.06 bits per heavy atom. The molecule has 2 aliphatic rings. The minimum atomic E-state index is 0.429. The van der Waals surface area contributed by atoms with Gasteiger partial charge in [-0.2, -0.15) is 0 Å². The van der Waals surface area contributed by atoms with Crippen molar-refractivity contribution in [3.63, 3.8) is 0 Å². The van der Waals surface area contributed by atoms with Gasteiger partial charge in [-0.25, -0.2) is 0 Å². The quantitative estimate of drug-likeness (QED) is 0.882. The molecule has 0 amide bonds. The molecule has 2 fully saturated rings. The molecule has 1 heterocycles. The number of nitrogens with zero attached hydrogens (tertiary/aromatic N) is 1. The van der Waals surface area contributed by atoms with Crippen LogP contribution in [0.2, 0.25) is 0 Å². The lowest BCUT2D eigenvalue weighted by molar-refractivity contribution is 0.167. The van der Waals surface area contributed by atoms with Gasteiger partial charge in [0.25, 0.3) is 0 Å². The predicted octanol–water partition coefficient (Wildman–Crippen LogP) is 3.05. The third-order valence-electron chi connectivity index (χ3n) is 4.42. The van der Waals surface area contributed by atoms with E-state index >= 15 is 0 Å². The SMILES string of the molecule is NCC(c1ccc(C2CC2)cc1)N1CCCCC1. The molecule has 0 aromatic heterocycles. The Morgan fingerprint density at radius 3 is 2.28 bits per heavy atom. The summed E-state index contributed by atoms with van der Waals surface area (Å²) in [6, 6.07) is 9.68. The molecule has 2 N–H and O–H groups in total. The number of hydrogen-bond donors (Lipinski definition) is 1. The monoisotopic (exact) mass is 244 g/mol. The lowest BCUT2D eigenvalue weighted by Crippen LogP contribution is -2.37. The van der Waals surface area contributed by atoms with Crippen LogP contribution in [0.15, 0.2) is 24.3 Å². The molecule has 1 atom stereocenters. The first-order valence-corrected chi connectivity index (χ1v) is 7.42. The molecule has 18 heavy (non-hydrogen) atoms. The molecule has 1 aliphatic carbocycles. The first-order chi connectivity index (χ1) is 8.88. The molecule has 1 saturated carbocycles. The number of benzene rings is 1. The van der Waals surface area contributed by atoms with Crippen LogP contribution >= 0.6 is 0 Å². The molecule has 1 aromatic rings. The van der Waals surface area contributed by atoms with Crippen LogP contribution in [-0.4, -0.2) is 24.5 Å². The van der Waals surface area contributed by atoms with Gasteiger partial charge < -0.3 is 5.73 Å². The van der Waals surface area contributed by atoms with Gasteiger partial charge in [-0.1, -0.05) is 30.7 Å². The van der Waals surface area contributed by atoms with Crippen molar-refractivity contribution in [2.45, 2.75) is 44.1 Å². The fourth-order valence-electron chi connectivity index (χ4n) is 3.13. The van der Waals surface area contributed by atoms with Gasteiger partial charge in [0.1, 0.15) is 0 Å². The van der Waals surface area contributed by atoms with Gasteiger partial charge in [0, 0.05) is 12.6 Å². The Kier molecular flexibility index (Phi) is 3.67. The Bertz CT molecular complexity index is 375. The van der Waals surface area contributed by atoms with E-state index in [0.717, 1.165) is 12.5 Å². The molecule has 1 aliphatic heterocycles. The van der Waals surface area contributed by atoms with Crippen LogP contribution in [-0.2, 0) is 0 Å². The summed E-state index contributed by atoms with van der Waals surface area (Å²) in [5.74, 6) is 0.852. The first-order valence-electron chi connectivity index (χ1n) is 7.42. The minimum Gasteiger partial charge on any atom is -0.329 e. The summed E-state index contributed by atoms with van der Waals surface area (Å²) in [6.07, 6.45) is 6.80. The van der Waals surface area contributed by atoms with E-state index < -0.39 is 0 Å². The van der Waals surface area contributed by atoms with Crippen molar-refractivity contribution in [1.82, 2.24) is 4.90 Å². The highest BCUT2D eigenvalue weighted by Crippen LogP contribution is 2.40. The molecule has 0 bridgehead atoms. The molecule has 2 heteroatoms. The molecule has 1 aromatic carbocycles. The standard InChI is InChI=1S/C16H24N2/c17-12-16(18-10-2-1-3-11-18)15-8-6-14(7-9-15)13-4-5-13/h6-9,13,16H,1-5,10-12,17H2. The zero-order chi connectivity index (χ0) is 12.4. The summed E-state index contributed by atoms with van der Waals surface area (Å²) < 4.78 is 0. The Hall–Kier alpha value is -0.860. The van der Waals surface area contributed by atoms with E-state index in [1.807, 2.05) is 0 Å². The molecule has 0 spiro atoms. The molecule has 2 nitrogen and oxygen atoms in total. The number of likely N-dealkylation sites (tertiary alicyclic amines) is 1. The summed E-state index contributed by atoms with van der Waals surface area (Å²) in [5, 5.41) is 0. The van der Waals surface area contributed by atoms with E-state index in [2.05, 4.69) is 29.2 Å². The second kappa shape index (κ2) is 5.41. The summed E-state index contributed by atoms with van der Waals surface area (Å²) in [5.41, 5.74) is 8.93. The number of rotatable bonds is 4. The fourth-order valence-corrected chi connectivity index (χ4v) is 3.13. The van der Waals surface area contributed by atoms with Crippen LogP contribution < -0.4 is 5.73 Å². The first kappa shape index (κ1) is 12.2. The van der Waals surface area contributed by atoms with Gasteiger partial charge in [0.05, 0.1) is 0 Å². The van der Waals surface area contributed by atoms with Gasteiger partial charge in [-0.15, -0.1) is 0 Å². The van der Waals surface area contributed by atoms with Crippen molar-refractivity contribution >= 4 is 0 Å². The second-order valence-corrected chi connectivity index (χ2v) is 5.79. The van der Waals surface area contributed by atoms with Crippen LogP contribution in [0.3, 0.4) is 0 Å². The highest BCUT2D eigenvalue weighted by atomic mass is 15.2. The maximum absolute atomic E-state index is 6.00. The summed E-state index contributed by atoms with van der Waals surface area (Å²) in [6.45, 7) is 3.17. The third-order valence-corrected chi connectivity index (χ3v) is 4.42. The molecule has 0 radical (unpaired) electrons. The number of hydrogen-bond acceptors (Lipinski definition) is 2. The average molecular weight is 244 g/mol.